The molecule has 1 rings (SSSR count). The summed E-state index contributed by atoms with van der Waals surface area (Å²) in [6.07, 6.45) is 1.59. The lowest BCUT2D eigenvalue weighted by Crippen LogP contribution is -2.15. The van der Waals surface area contributed by atoms with Gasteiger partial charge < -0.3 is 16.2 Å². The van der Waals surface area contributed by atoms with Gasteiger partial charge in [-0.3, -0.25) is 0 Å². The van der Waals surface area contributed by atoms with Gasteiger partial charge in [0.2, 0.25) is 0 Å². The van der Waals surface area contributed by atoms with Crippen LogP contribution in [0, 0.1) is 5.92 Å². The first-order valence-corrected chi connectivity index (χ1v) is 5.18. The zero-order valence-corrected chi connectivity index (χ0v) is 9.58. The van der Waals surface area contributed by atoms with Gasteiger partial charge in [0, 0.05) is 13.2 Å². The third kappa shape index (κ3) is 3.16. The summed E-state index contributed by atoms with van der Waals surface area (Å²) in [5, 5.41) is 12.0. The van der Waals surface area contributed by atoms with Gasteiger partial charge in [0.25, 0.3) is 0 Å². The summed E-state index contributed by atoms with van der Waals surface area (Å²) in [5.41, 5.74) is 6.17. The SMILES string of the molecule is CC(CO)CNc1ncc(N)cc1Br. The molecule has 0 spiro atoms. The van der Waals surface area contributed by atoms with E-state index >= 15 is 0 Å². The van der Waals surface area contributed by atoms with Crippen molar-refractivity contribution in [1.82, 2.24) is 4.98 Å². The molecule has 1 atom stereocenters. The lowest BCUT2D eigenvalue weighted by atomic mass is 10.2. The molecule has 1 unspecified atom stereocenters. The molecule has 0 radical (unpaired) electrons. The quantitative estimate of drug-likeness (QED) is 0.766. The highest BCUT2D eigenvalue weighted by molar-refractivity contribution is 9.10. The minimum atomic E-state index is 0.166. The van der Waals surface area contributed by atoms with E-state index in [1.54, 1.807) is 12.3 Å². The second-order valence-corrected chi connectivity index (χ2v) is 4.12. The smallest absolute Gasteiger partial charge is 0.140 e. The van der Waals surface area contributed by atoms with Crippen molar-refractivity contribution in [2.75, 3.05) is 24.2 Å². The first-order chi connectivity index (χ1) is 6.63. The second-order valence-electron chi connectivity index (χ2n) is 3.27. The highest BCUT2D eigenvalue weighted by Crippen LogP contribution is 2.21. The summed E-state index contributed by atoms with van der Waals surface area (Å²) in [7, 11) is 0. The predicted molar refractivity (Wildman–Crippen MR) is 61.1 cm³/mol. The maximum absolute atomic E-state index is 8.83. The Morgan fingerprint density at radius 3 is 3.00 bits per heavy atom. The van der Waals surface area contributed by atoms with Gasteiger partial charge in [-0.1, -0.05) is 6.92 Å². The van der Waals surface area contributed by atoms with Crippen LogP contribution in [0.1, 0.15) is 6.92 Å². The number of nitrogens with one attached hydrogen (secondary N) is 1. The highest BCUT2D eigenvalue weighted by Gasteiger charge is 2.03. The first kappa shape index (κ1) is 11.3. The fraction of sp³-hybridized carbons (Fsp3) is 0.444. The van der Waals surface area contributed by atoms with Crippen LogP contribution < -0.4 is 11.1 Å². The van der Waals surface area contributed by atoms with Crippen molar-refractivity contribution in [3.63, 3.8) is 0 Å². The largest absolute Gasteiger partial charge is 0.397 e. The molecule has 0 aliphatic heterocycles. The molecule has 0 amide bonds. The van der Waals surface area contributed by atoms with Crippen LogP contribution in [0.15, 0.2) is 16.7 Å². The summed E-state index contributed by atoms with van der Waals surface area (Å²) >= 11 is 3.35. The van der Waals surface area contributed by atoms with Crippen LogP contribution in [0.25, 0.3) is 0 Å². The maximum Gasteiger partial charge on any atom is 0.140 e. The van der Waals surface area contributed by atoms with E-state index in [-0.39, 0.29) is 12.5 Å². The Kier molecular flexibility index (Phi) is 4.16. The Balaban J connectivity index is 2.59. The van der Waals surface area contributed by atoms with E-state index in [2.05, 4.69) is 26.2 Å². The second kappa shape index (κ2) is 5.17. The number of nitrogens with zero attached hydrogens (tertiary/aromatic N) is 1. The van der Waals surface area contributed by atoms with Gasteiger partial charge in [-0.25, -0.2) is 4.98 Å². The Morgan fingerprint density at radius 2 is 2.43 bits per heavy atom. The van der Waals surface area contributed by atoms with Gasteiger partial charge in [0.15, 0.2) is 0 Å². The average molecular weight is 260 g/mol. The molecule has 78 valence electrons. The summed E-state index contributed by atoms with van der Waals surface area (Å²) in [4.78, 5) is 4.12. The minimum Gasteiger partial charge on any atom is -0.397 e. The van der Waals surface area contributed by atoms with Crippen molar-refractivity contribution in [2.24, 2.45) is 5.92 Å². The van der Waals surface area contributed by atoms with Crippen LogP contribution in [0.2, 0.25) is 0 Å². The molecule has 0 saturated heterocycles. The molecule has 1 aromatic heterocycles. The molecule has 1 aromatic rings. The minimum absolute atomic E-state index is 0.166. The summed E-state index contributed by atoms with van der Waals surface area (Å²) < 4.78 is 0.836. The molecule has 0 saturated carbocycles. The number of aliphatic hydroxyl groups is 1. The van der Waals surface area contributed by atoms with Crippen LogP contribution >= 0.6 is 15.9 Å². The molecule has 4 N–H and O–H groups in total. The maximum atomic E-state index is 8.83. The van der Waals surface area contributed by atoms with E-state index in [9.17, 15) is 0 Å². The lowest BCUT2D eigenvalue weighted by Gasteiger charge is -2.11. The molecule has 0 fully saturated rings. The average Bonchev–Trinajstić information content (AvgIpc) is 2.16. The number of halogens is 1. The third-order valence-corrected chi connectivity index (χ3v) is 2.40. The monoisotopic (exact) mass is 259 g/mol. The van der Waals surface area contributed by atoms with Crippen LogP contribution in [0.3, 0.4) is 0 Å². The summed E-state index contributed by atoms with van der Waals surface area (Å²) in [5.74, 6) is 0.959. The van der Waals surface area contributed by atoms with Gasteiger partial charge in [-0.05, 0) is 27.9 Å². The number of pyridine rings is 1. The fourth-order valence-corrected chi connectivity index (χ4v) is 1.43. The molecule has 1 heterocycles. The number of anilines is 2. The van der Waals surface area contributed by atoms with Crippen molar-refractivity contribution in [3.05, 3.63) is 16.7 Å². The van der Waals surface area contributed by atoms with E-state index < -0.39 is 0 Å². The Labute approximate surface area is 91.7 Å². The number of hydrogen-bond acceptors (Lipinski definition) is 4. The summed E-state index contributed by atoms with van der Waals surface area (Å²) in [6, 6.07) is 1.79. The highest BCUT2D eigenvalue weighted by atomic mass is 79.9. The van der Waals surface area contributed by atoms with Crippen LogP contribution in [0.4, 0.5) is 11.5 Å². The number of aromatic nitrogens is 1. The van der Waals surface area contributed by atoms with Gasteiger partial charge in [-0.2, -0.15) is 0 Å². The third-order valence-electron chi connectivity index (χ3n) is 1.79. The molecule has 0 aliphatic carbocycles. The van der Waals surface area contributed by atoms with E-state index in [0.717, 1.165) is 10.3 Å². The molecule has 4 nitrogen and oxygen atoms in total. The molecule has 14 heavy (non-hydrogen) atoms. The number of hydrogen-bond donors (Lipinski definition) is 3. The summed E-state index contributed by atoms with van der Waals surface area (Å²) in [6.45, 7) is 2.81. The molecule has 0 bridgehead atoms. The van der Waals surface area contributed by atoms with Crippen LogP contribution in [-0.4, -0.2) is 23.2 Å². The standard InChI is InChI=1S/C9H14BrN3O/c1-6(5-14)3-12-9-8(10)2-7(11)4-13-9/h2,4,6,14H,3,5,11H2,1H3,(H,12,13). The lowest BCUT2D eigenvalue weighted by molar-refractivity contribution is 0.244. The van der Waals surface area contributed by atoms with Crippen molar-refractivity contribution < 1.29 is 5.11 Å². The van der Waals surface area contributed by atoms with E-state index in [0.29, 0.717) is 12.2 Å². The Morgan fingerprint density at radius 1 is 1.71 bits per heavy atom. The molecule has 5 heteroatoms. The number of nitrogens with two attached hydrogens (primary N) is 1. The normalized spacial score (nSPS) is 12.5. The van der Waals surface area contributed by atoms with Crippen molar-refractivity contribution >= 4 is 27.4 Å². The van der Waals surface area contributed by atoms with Crippen LogP contribution in [0.5, 0.6) is 0 Å². The van der Waals surface area contributed by atoms with E-state index in [1.807, 2.05) is 6.92 Å². The zero-order chi connectivity index (χ0) is 10.6. The Hall–Kier alpha value is -0.810. The van der Waals surface area contributed by atoms with Crippen molar-refractivity contribution in [3.8, 4) is 0 Å². The Bertz CT molecular complexity index is 306. The van der Waals surface area contributed by atoms with E-state index in [1.165, 1.54) is 0 Å². The molecular weight excluding hydrogens is 246 g/mol. The van der Waals surface area contributed by atoms with Crippen molar-refractivity contribution in [2.45, 2.75) is 6.92 Å². The van der Waals surface area contributed by atoms with Gasteiger partial charge in [0.1, 0.15) is 5.82 Å². The molecular formula is C9H14BrN3O. The topological polar surface area (TPSA) is 71.2 Å². The van der Waals surface area contributed by atoms with Crippen LogP contribution in [-0.2, 0) is 0 Å². The number of nitrogen functional groups attached to an aromatic ring is 1. The van der Waals surface area contributed by atoms with Gasteiger partial charge in [-0.15, -0.1) is 0 Å². The first-order valence-electron chi connectivity index (χ1n) is 4.39. The van der Waals surface area contributed by atoms with Crippen molar-refractivity contribution in [1.29, 1.82) is 0 Å². The molecule has 0 aromatic carbocycles. The van der Waals surface area contributed by atoms with Gasteiger partial charge in [0.05, 0.1) is 16.4 Å². The number of aliphatic hydroxyl groups excluding tert-OH is 1. The molecule has 0 aliphatic rings. The fourth-order valence-electron chi connectivity index (χ4n) is 0.918. The van der Waals surface area contributed by atoms with E-state index in [4.69, 9.17) is 10.8 Å². The van der Waals surface area contributed by atoms with Gasteiger partial charge >= 0.3 is 0 Å². The predicted octanol–water partition coefficient (Wildman–Crippen LogP) is 1.47. The zero-order valence-electron chi connectivity index (χ0n) is 8.00. The number of rotatable bonds is 4.